The first-order valence-corrected chi connectivity index (χ1v) is 42.7. The van der Waals surface area contributed by atoms with Crippen molar-refractivity contribution in [1.29, 1.82) is 0 Å². The third-order valence-corrected chi connectivity index (χ3v) is 19.7. The van der Waals surface area contributed by atoms with Crippen LogP contribution in [-0.4, -0.2) is 96.7 Å². The van der Waals surface area contributed by atoms with E-state index in [2.05, 4.69) is 55.4 Å². The molecule has 0 aromatic rings. The largest absolute Gasteiger partial charge is 0.472 e. The molecule has 5 atom stereocenters. The van der Waals surface area contributed by atoms with E-state index >= 15 is 0 Å². The SMILES string of the molecule is CC(C)CCCCCCCCCCCCCCCCCCC(=O)O[C@H](COC(=O)CCCCCCCCCC(C)C)COP(=O)(O)OCC(O)COP(=O)(O)OC[C@@H](COC(=O)CCCCCCCCCCCCCCC(C)C)OC(=O)CCCCCCCCCCCC(C)C. The first-order chi connectivity index (χ1) is 46.1. The van der Waals surface area contributed by atoms with Gasteiger partial charge in [0.25, 0.3) is 0 Å². The highest BCUT2D eigenvalue weighted by atomic mass is 31.2. The monoisotopic (exact) mass is 1410 g/mol. The van der Waals surface area contributed by atoms with Crippen LogP contribution >= 0.6 is 15.6 Å². The second kappa shape index (κ2) is 66.3. The van der Waals surface area contributed by atoms with Crippen LogP contribution < -0.4 is 0 Å². The smallest absolute Gasteiger partial charge is 0.462 e. The maximum atomic E-state index is 13.1. The van der Waals surface area contributed by atoms with Gasteiger partial charge in [0.15, 0.2) is 12.2 Å². The van der Waals surface area contributed by atoms with Crippen molar-refractivity contribution < 1.29 is 80.2 Å². The van der Waals surface area contributed by atoms with Gasteiger partial charge in [-0.05, 0) is 49.4 Å². The molecule has 0 saturated heterocycles. The Hall–Kier alpha value is -1.94. The van der Waals surface area contributed by atoms with Crippen molar-refractivity contribution >= 4 is 39.5 Å². The Morgan fingerprint density at radius 2 is 0.438 bits per heavy atom. The van der Waals surface area contributed by atoms with E-state index in [1.807, 2.05) is 0 Å². The van der Waals surface area contributed by atoms with Crippen LogP contribution in [0.3, 0.4) is 0 Å². The third-order valence-electron chi connectivity index (χ3n) is 17.8. The number of phosphoric ester groups is 2. The highest BCUT2D eigenvalue weighted by Crippen LogP contribution is 2.45. The van der Waals surface area contributed by atoms with E-state index in [0.29, 0.717) is 31.6 Å². The average molecular weight is 1410 g/mol. The molecule has 0 amide bonds. The maximum Gasteiger partial charge on any atom is 0.472 e. The normalized spacial score (nSPS) is 14.1. The van der Waals surface area contributed by atoms with E-state index in [9.17, 15) is 43.2 Å². The molecule has 3 unspecified atom stereocenters. The Kier molecular flexibility index (Phi) is 65.0. The number of aliphatic hydroxyl groups is 1. The van der Waals surface area contributed by atoms with Crippen LogP contribution in [0.5, 0.6) is 0 Å². The summed E-state index contributed by atoms with van der Waals surface area (Å²) in [6.07, 6.45) is 51.5. The lowest BCUT2D eigenvalue weighted by Gasteiger charge is -2.21. The van der Waals surface area contributed by atoms with Crippen molar-refractivity contribution in [3.8, 4) is 0 Å². The number of unbranched alkanes of at least 4 members (excludes halogenated alkanes) is 40. The fourth-order valence-corrected chi connectivity index (χ4v) is 13.3. The first-order valence-electron chi connectivity index (χ1n) is 39.7. The highest BCUT2D eigenvalue weighted by molar-refractivity contribution is 7.47. The van der Waals surface area contributed by atoms with Gasteiger partial charge in [-0.15, -0.1) is 0 Å². The summed E-state index contributed by atoms with van der Waals surface area (Å²) in [6.45, 7) is 14.2. The third kappa shape index (κ3) is 70.5. The van der Waals surface area contributed by atoms with Crippen molar-refractivity contribution in [2.24, 2.45) is 23.7 Å². The standard InChI is InChI=1S/C77H150O17P2/c1-67(2)53-45-37-29-22-17-13-11-9-10-12-14-20-26-34-43-51-59-76(81)93-73(64-88-75(80)58-50-42-36-28-32-40-48-56-70(7)8)66-92-96(85,86)90-62-71(78)61-89-95(83,84)91-65-72(94-77(82)60-52-44-35-27-21-24-31-39-47-55-69(5)6)63-87-74(79)57-49-41-33-25-19-16-15-18-23-30-38-46-54-68(3)4/h67-73,78H,9-66H2,1-8H3,(H,83,84)(H,85,86)/t71?,72-,73-/m1/s1. The van der Waals surface area contributed by atoms with E-state index in [4.69, 9.17) is 37.0 Å². The summed E-state index contributed by atoms with van der Waals surface area (Å²) in [5.41, 5.74) is 0. The second-order valence-corrected chi connectivity index (χ2v) is 32.6. The number of ether oxygens (including phenoxy) is 4. The van der Waals surface area contributed by atoms with Gasteiger partial charge in [0, 0.05) is 25.7 Å². The Morgan fingerprint density at radius 3 is 0.646 bits per heavy atom. The zero-order chi connectivity index (χ0) is 71.0. The van der Waals surface area contributed by atoms with E-state index in [1.165, 1.54) is 186 Å². The highest BCUT2D eigenvalue weighted by Gasteiger charge is 2.30. The molecule has 0 fully saturated rings. The summed E-state index contributed by atoms with van der Waals surface area (Å²) in [5.74, 6) is 0.912. The Balaban J connectivity index is 5.21. The number of aliphatic hydroxyl groups excluding tert-OH is 1. The molecule has 0 saturated carbocycles. The predicted molar refractivity (Wildman–Crippen MR) is 391 cm³/mol. The van der Waals surface area contributed by atoms with Gasteiger partial charge in [-0.1, -0.05) is 338 Å². The molecule has 570 valence electrons. The molecule has 0 spiro atoms. The van der Waals surface area contributed by atoms with Crippen LogP contribution in [-0.2, 0) is 65.4 Å². The van der Waals surface area contributed by atoms with Crippen LogP contribution in [0.1, 0.15) is 389 Å². The molecule has 0 rings (SSSR count). The zero-order valence-electron chi connectivity index (χ0n) is 63.0. The molecular weight excluding hydrogens is 1260 g/mol. The van der Waals surface area contributed by atoms with Crippen LogP contribution in [0.2, 0.25) is 0 Å². The molecule has 0 bridgehead atoms. The van der Waals surface area contributed by atoms with Crippen molar-refractivity contribution in [2.75, 3.05) is 39.6 Å². The van der Waals surface area contributed by atoms with Crippen molar-refractivity contribution in [3.63, 3.8) is 0 Å². The van der Waals surface area contributed by atoms with Gasteiger partial charge in [-0.2, -0.15) is 0 Å². The lowest BCUT2D eigenvalue weighted by molar-refractivity contribution is -0.161. The Bertz CT molecular complexity index is 1880. The molecule has 0 aromatic heterocycles. The van der Waals surface area contributed by atoms with E-state index < -0.39 is 97.5 Å². The van der Waals surface area contributed by atoms with Crippen LogP contribution in [0.4, 0.5) is 0 Å². The zero-order valence-corrected chi connectivity index (χ0v) is 64.8. The van der Waals surface area contributed by atoms with Gasteiger partial charge >= 0.3 is 39.5 Å². The fraction of sp³-hybridized carbons (Fsp3) is 0.948. The maximum absolute atomic E-state index is 13.1. The van der Waals surface area contributed by atoms with Crippen molar-refractivity contribution in [2.45, 2.75) is 408 Å². The van der Waals surface area contributed by atoms with Gasteiger partial charge in [-0.25, -0.2) is 9.13 Å². The topological polar surface area (TPSA) is 237 Å². The van der Waals surface area contributed by atoms with E-state index in [0.717, 1.165) is 114 Å². The van der Waals surface area contributed by atoms with Gasteiger partial charge in [-0.3, -0.25) is 37.3 Å². The fourth-order valence-electron chi connectivity index (χ4n) is 11.7. The molecule has 96 heavy (non-hydrogen) atoms. The predicted octanol–water partition coefficient (Wildman–Crippen LogP) is 22.4. The molecule has 17 nitrogen and oxygen atoms in total. The van der Waals surface area contributed by atoms with Crippen LogP contribution in [0.15, 0.2) is 0 Å². The summed E-state index contributed by atoms with van der Waals surface area (Å²) < 4.78 is 68.5. The Morgan fingerprint density at radius 1 is 0.260 bits per heavy atom. The van der Waals surface area contributed by atoms with Gasteiger partial charge in [0.1, 0.15) is 19.3 Å². The number of hydrogen-bond donors (Lipinski definition) is 3. The van der Waals surface area contributed by atoms with Crippen molar-refractivity contribution in [1.82, 2.24) is 0 Å². The van der Waals surface area contributed by atoms with Crippen LogP contribution in [0, 0.1) is 23.7 Å². The minimum Gasteiger partial charge on any atom is -0.462 e. The molecule has 19 heteroatoms. The van der Waals surface area contributed by atoms with Crippen molar-refractivity contribution in [3.05, 3.63) is 0 Å². The molecule has 0 radical (unpaired) electrons. The van der Waals surface area contributed by atoms with Gasteiger partial charge < -0.3 is 33.8 Å². The van der Waals surface area contributed by atoms with Crippen LogP contribution in [0.25, 0.3) is 0 Å². The molecule has 0 aromatic carbocycles. The van der Waals surface area contributed by atoms with E-state index in [1.54, 1.807) is 0 Å². The lowest BCUT2D eigenvalue weighted by atomic mass is 10.0. The minimum absolute atomic E-state index is 0.105. The summed E-state index contributed by atoms with van der Waals surface area (Å²) in [5, 5.41) is 10.6. The molecule has 0 aliphatic carbocycles. The summed E-state index contributed by atoms with van der Waals surface area (Å²) in [4.78, 5) is 72.8. The summed E-state index contributed by atoms with van der Waals surface area (Å²) >= 11 is 0. The summed E-state index contributed by atoms with van der Waals surface area (Å²) in [7, 11) is -9.91. The molecule has 0 aliphatic rings. The number of rotatable bonds is 74. The second-order valence-electron chi connectivity index (χ2n) is 29.7. The molecule has 0 heterocycles. The number of carbonyl (C=O) groups excluding carboxylic acids is 4. The van der Waals surface area contributed by atoms with E-state index in [-0.39, 0.29) is 25.7 Å². The average Bonchev–Trinajstić information content (AvgIpc) is 1.20. The Labute approximate surface area is 588 Å². The summed E-state index contributed by atoms with van der Waals surface area (Å²) in [6, 6.07) is 0. The number of esters is 4. The lowest BCUT2D eigenvalue weighted by Crippen LogP contribution is -2.30. The molecule has 0 aliphatic heterocycles. The van der Waals surface area contributed by atoms with Gasteiger partial charge in [0.05, 0.1) is 26.4 Å². The minimum atomic E-state index is -4.96. The quantitative estimate of drug-likeness (QED) is 0.0222. The van der Waals surface area contributed by atoms with Gasteiger partial charge in [0.2, 0.25) is 0 Å². The number of carbonyl (C=O) groups is 4. The molecular formula is C77H150O17P2. The number of phosphoric acid groups is 2. The molecule has 3 N–H and O–H groups in total. The first kappa shape index (κ1) is 94.1. The number of hydrogen-bond acceptors (Lipinski definition) is 15.